The van der Waals surface area contributed by atoms with Crippen LogP contribution < -0.4 is 4.74 Å². The Balaban J connectivity index is 1.63. The zero-order chi connectivity index (χ0) is 17.2. The SMILES string of the molecule is CCn1cc(S(=O)(=O)N2CCC(Oc3ccccc3F)CC2)cn1. The Kier molecular flexibility index (Phi) is 4.86. The third kappa shape index (κ3) is 3.44. The molecule has 0 amide bonds. The largest absolute Gasteiger partial charge is 0.487 e. The highest BCUT2D eigenvalue weighted by Gasteiger charge is 2.31. The lowest BCUT2D eigenvalue weighted by atomic mass is 10.1. The molecular weight excluding hydrogens is 333 g/mol. The van der Waals surface area contributed by atoms with Crippen molar-refractivity contribution >= 4 is 10.0 Å². The van der Waals surface area contributed by atoms with Gasteiger partial charge < -0.3 is 4.74 Å². The van der Waals surface area contributed by atoms with Crippen molar-refractivity contribution < 1.29 is 17.5 Å². The first kappa shape index (κ1) is 16.9. The molecule has 0 saturated carbocycles. The lowest BCUT2D eigenvalue weighted by Crippen LogP contribution is -2.41. The monoisotopic (exact) mass is 353 g/mol. The first-order valence-electron chi connectivity index (χ1n) is 7.94. The number of aryl methyl sites for hydroxylation is 1. The minimum absolute atomic E-state index is 0.188. The number of hydrogen-bond donors (Lipinski definition) is 0. The van der Waals surface area contributed by atoms with Crippen LogP contribution in [-0.4, -0.2) is 41.7 Å². The lowest BCUT2D eigenvalue weighted by Gasteiger charge is -2.31. The topological polar surface area (TPSA) is 64.4 Å². The Morgan fingerprint density at radius 3 is 2.62 bits per heavy atom. The quantitative estimate of drug-likeness (QED) is 0.827. The summed E-state index contributed by atoms with van der Waals surface area (Å²) in [6.45, 7) is 3.21. The predicted octanol–water partition coefficient (Wildman–Crippen LogP) is 2.27. The van der Waals surface area contributed by atoms with Crippen LogP contribution in [0.2, 0.25) is 0 Å². The van der Waals surface area contributed by atoms with Crippen LogP contribution in [0.1, 0.15) is 19.8 Å². The molecule has 0 unspecified atom stereocenters. The average molecular weight is 353 g/mol. The molecule has 0 bridgehead atoms. The number of nitrogens with zero attached hydrogens (tertiary/aromatic N) is 3. The molecule has 130 valence electrons. The van der Waals surface area contributed by atoms with Gasteiger partial charge in [-0.3, -0.25) is 4.68 Å². The van der Waals surface area contributed by atoms with Gasteiger partial charge in [0.2, 0.25) is 10.0 Å². The van der Waals surface area contributed by atoms with Gasteiger partial charge in [0.25, 0.3) is 0 Å². The molecule has 1 aliphatic heterocycles. The summed E-state index contributed by atoms with van der Waals surface area (Å²) in [4.78, 5) is 0.206. The number of para-hydroxylation sites is 1. The number of halogens is 1. The van der Waals surface area contributed by atoms with Gasteiger partial charge in [-0.15, -0.1) is 0 Å². The molecule has 1 aromatic carbocycles. The fourth-order valence-corrected chi connectivity index (χ4v) is 4.13. The first-order valence-corrected chi connectivity index (χ1v) is 9.38. The van der Waals surface area contributed by atoms with E-state index in [4.69, 9.17) is 4.74 Å². The van der Waals surface area contributed by atoms with Crippen LogP contribution in [0.5, 0.6) is 5.75 Å². The molecule has 1 saturated heterocycles. The van der Waals surface area contributed by atoms with E-state index in [2.05, 4.69) is 5.10 Å². The standard InChI is InChI=1S/C16H20FN3O3S/c1-2-19-12-14(11-18-19)24(21,22)20-9-7-13(8-10-20)23-16-6-4-3-5-15(16)17/h3-6,11-13H,2,7-10H2,1H3. The third-order valence-electron chi connectivity index (χ3n) is 4.10. The number of sulfonamides is 1. The van der Waals surface area contributed by atoms with Crippen LogP contribution >= 0.6 is 0 Å². The van der Waals surface area contributed by atoms with E-state index in [0.717, 1.165) is 0 Å². The summed E-state index contributed by atoms with van der Waals surface area (Å²) in [6, 6.07) is 6.25. The molecule has 1 aromatic heterocycles. The summed E-state index contributed by atoms with van der Waals surface area (Å²) < 4.78 is 47.5. The van der Waals surface area contributed by atoms with E-state index in [1.54, 1.807) is 22.9 Å². The van der Waals surface area contributed by atoms with Crippen molar-refractivity contribution in [3.05, 3.63) is 42.5 Å². The van der Waals surface area contributed by atoms with Gasteiger partial charge in [-0.1, -0.05) is 12.1 Å². The number of rotatable bonds is 5. The second-order valence-corrected chi connectivity index (χ2v) is 7.62. The van der Waals surface area contributed by atoms with Crippen molar-refractivity contribution in [2.75, 3.05) is 13.1 Å². The van der Waals surface area contributed by atoms with Crippen LogP contribution in [0.25, 0.3) is 0 Å². The Morgan fingerprint density at radius 2 is 2.00 bits per heavy atom. The molecular formula is C16H20FN3O3S. The first-order chi connectivity index (χ1) is 11.5. The normalized spacial score (nSPS) is 17.1. The van der Waals surface area contributed by atoms with E-state index < -0.39 is 15.8 Å². The van der Waals surface area contributed by atoms with Gasteiger partial charge in [-0.2, -0.15) is 9.40 Å². The van der Waals surface area contributed by atoms with Crippen molar-refractivity contribution in [3.63, 3.8) is 0 Å². The zero-order valence-corrected chi connectivity index (χ0v) is 14.2. The summed E-state index contributed by atoms with van der Waals surface area (Å²) in [7, 11) is -3.54. The van der Waals surface area contributed by atoms with Crippen molar-refractivity contribution in [1.82, 2.24) is 14.1 Å². The smallest absolute Gasteiger partial charge is 0.246 e. The minimum Gasteiger partial charge on any atom is -0.487 e. The fraction of sp³-hybridized carbons (Fsp3) is 0.438. The summed E-state index contributed by atoms with van der Waals surface area (Å²) >= 11 is 0. The van der Waals surface area contributed by atoms with Gasteiger partial charge >= 0.3 is 0 Å². The van der Waals surface area contributed by atoms with Gasteiger partial charge in [0.1, 0.15) is 11.0 Å². The third-order valence-corrected chi connectivity index (χ3v) is 5.95. The van der Waals surface area contributed by atoms with E-state index in [-0.39, 0.29) is 16.7 Å². The second kappa shape index (κ2) is 6.90. The van der Waals surface area contributed by atoms with E-state index in [9.17, 15) is 12.8 Å². The van der Waals surface area contributed by atoms with Crippen LogP contribution in [0.15, 0.2) is 41.6 Å². The van der Waals surface area contributed by atoms with E-state index in [1.165, 1.54) is 22.8 Å². The summed E-state index contributed by atoms with van der Waals surface area (Å²) in [5.41, 5.74) is 0. The number of ether oxygens (including phenoxy) is 1. The maximum Gasteiger partial charge on any atom is 0.246 e. The summed E-state index contributed by atoms with van der Waals surface area (Å²) in [6.07, 6.45) is 3.77. The van der Waals surface area contributed by atoms with Crippen LogP contribution in [0.4, 0.5) is 4.39 Å². The fourth-order valence-electron chi connectivity index (χ4n) is 2.71. The lowest BCUT2D eigenvalue weighted by molar-refractivity contribution is 0.130. The molecule has 24 heavy (non-hydrogen) atoms. The molecule has 6 nitrogen and oxygen atoms in total. The minimum atomic E-state index is -3.54. The van der Waals surface area contributed by atoms with Gasteiger partial charge in [0.15, 0.2) is 11.6 Å². The molecule has 1 aliphatic rings. The van der Waals surface area contributed by atoms with Crippen molar-refractivity contribution in [1.29, 1.82) is 0 Å². The molecule has 0 atom stereocenters. The zero-order valence-electron chi connectivity index (χ0n) is 13.4. The molecule has 3 rings (SSSR count). The highest BCUT2D eigenvalue weighted by molar-refractivity contribution is 7.89. The van der Waals surface area contributed by atoms with E-state index in [0.29, 0.717) is 32.5 Å². The predicted molar refractivity (Wildman–Crippen MR) is 86.7 cm³/mol. The maximum atomic E-state index is 13.6. The van der Waals surface area contributed by atoms with Gasteiger partial charge in [0.05, 0.1) is 6.20 Å². The molecule has 0 aliphatic carbocycles. The molecule has 8 heteroatoms. The highest BCUT2D eigenvalue weighted by atomic mass is 32.2. The molecule has 2 heterocycles. The maximum absolute atomic E-state index is 13.6. The molecule has 0 N–H and O–H groups in total. The highest BCUT2D eigenvalue weighted by Crippen LogP contribution is 2.24. The summed E-state index contributed by atoms with van der Waals surface area (Å²) in [5, 5.41) is 4.02. The molecule has 0 radical (unpaired) electrons. The molecule has 1 fully saturated rings. The van der Waals surface area contributed by atoms with Crippen molar-refractivity contribution in [2.24, 2.45) is 0 Å². The Bertz CT molecular complexity index is 798. The molecule has 0 spiro atoms. The Morgan fingerprint density at radius 1 is 1.29 bits per heavy atom. The van der Waals surface area contributed by atoms with Gasteiger partial charge in [-0.05, 0) is 31.9 Å². The number of hydrogen-bond acceptors (Lipinski definition) is 4. The van der Waals surface area contributed by atoms with E-state index >= 15 is 0 Å². The Hall–Kier alpha value is -1.93. The second-order valence-electron chi connectivity index (χ2n) is 5.68. The molecule has 2 aromatic rings. The van der Waals surface area contributed by atoms with Gasteiger partial charge in [0, 0.05) is 25.8 Å². The van der Waals surface area contributed by atoms with E-state index in [1.807, 2.05) is 6.92 Å². The summed E-state index contributed by atoms with van der Waals surface area (Å²) in [5.74, 6) is -0.192. The average Bonchev–Trinajstić information content (AvgIpc) is 3.07. The van der Waals surface area contributed by atoms with Crippen molar-refractivity contribution in [3.8, 4) is 5.75 Å². The van der Waals surface area contributed by atoms with Crippen molar-refractivity contribution in [2.45, 2.75) is 37.3 Å². The number of piperidine rings is 1. The number of aromatic nitrogens is 2. The van der Waals surface area contributed by atoms with Crippen LogP contribution in [-0.2, 0) is 16.6 Å². The Labute approximate surface area is 140 Å². The van der Waals surface area contributed by atoms with Crippen LogP contribution in [0, 0.1) is 5.82 Å². The van der Waals surface area contributed by atoms with Crippen LogP contribution in [0.3, 0.4) is 0 Å². The van der Waals surface area contributed by atoms with Gasteiger partial charge in [-0.25, -0.2) is 12.8 Å². The number of benzene rings is 1.